The zero-order valence-corrected chi connectivity index (χ0v) is 24.6. The van der Waals surface area contributed by atoms with E-state index in [2.05, 4.69) is 10.6 Å². The molecule has 1 aliphatic rings. The van der Waals surface area contributed by atoms with Gasteiger partial charge in [-0.3, -0.25) is 14.4 Å². The molecule has 0 bridgehead atoms. The third-order valence-electron chi connectivity index (χ3n) is 6.74. The number of amides is 3. The molecule has 3 aromatic rings. The van der Waals surface area contributed by atoms with E-state index in [0.717, 1.165) is 25.1 Å². The standard InChI is InChI=1S/C28H18Cl3F8N3O3/c1-11-14(4-7-18(23(11)33)41-20(43)10-26(34,35)36)24(44)42-19-9-13(3-5-16(19)29)40-25(45)22-21(27(22,30)31)12-2-6-17(32)15(8-12)28(37,38)39/h2-9,21-22H,10H2,1H3,(H,40,45)(H,41,43)(H,42,44). The Morgan fingerprint density at radius 2 is 1.53 bits per heavy atom. The Kier molecular flexibility index (Phi) is 9.36. The summed E-state index contributed by atoms with van der Waals surface area (Å²) < 4.78 is 104. The number of hydrogen-bond acceptors (Lipinski definition) is 3. The Labute approximate surface area is 264 Å². The summed E-state index contributed by atoms with van der Waals surface area (Å²) in [5, 5.41) is 6.62. The van der Waals surface area contributed by atoms with Crippen LogP contribution in [0.25, 0.3) is 0 Å². The molecule has 6 nitrogen and oxygen atoms in total. The Balaban J connectivity index is 1.48. The molecule has 17 heteroatoms. The molecule has 0 aliphatic heterocycles. The lowest BCUT2D eigenvalue weighted by Crippen LogP contribution is -2.22. The van der Waals surface area contributed by atoms with Crippen LogP contribution in [-0.4, -0.2) is 28.2 Å². The largest absolute Gasteiger partial charge is 0.419 e. The van der Waals surface area contributed by atoms with Gasteiger partial charge < -0.3 is 16.0 Å². The van der Waals surface area contributed by atoms with Gasteiger partial charge in [0.05, 0.1) is 27.9 Å². The van der Waals surface area contributed by atoms with Gasteiger partial charge in [0.25, 0.3) is 5.91 Å². The average Bonchev–Trinajstić information content (AvgIpc) is 3.49. The molecule has 3 aromatic carbocycles. The predicted octanol–water partition coefficient (Wildman–Crippen LogP) is 8.61. The number of halogens is 11. The fourth-order valence-electron chi connectivity index (χ4n) is 4.53. The van der Waals surface area contributed by atoms with Crippen molar-refractivity contribution in [1.82, 2.24) is 0 Å². The summed E-state index contributed by atoms with van der Waals surface area (Å²) in [6.45, 7) is 1.15. The van der Waals surface area contributed by atoms with E-state index < -0.39 is 75.5 Å². The van der Waals surface area contributed by atoms with E-state index in [1.54, 1.807) is 5.32 Å². The highest BCUT2D eigenvalue weighted by Crippen LogP contribution is 2.65. The summed E-state index contributed by atoms with van der Waals surface area (Å²) in [5.74, 6) is -8.27. The predicted molar refractivity (Wildman–Crippen MR) is 151 cm³/mol. The van der Waals surface area contributed by atoms with Gasteiger partial charge >= 0.3 is 12.4 Å². The topological polar surface area (TPSA) is 87.3 Å². The summed E-state index contributed by atoms with van der Waals surface area (Å²) in [6, 6.07) is 7.91. The zero-order chi connectivity index (χ0) is 33.6. The van der Waals surface area contributed by atoms with Crippen LogP contribution in [0.4, 0.5) is 52.2 Å². The quantitative estimate of drug-likeness (QED) is 0.170. The fourth-order valence-corrected chi connectivity index (χ4v) is 5.53. The highest BCUT2D eigenvalue weighted by molar-refractivity contribution is 6.53. The molecule has 2 atom stereocenters. The molecule has 240 valence electrons. The van der Waals surface area contributed by atoms with Crippen molar-refractivity contribution in [2.45, 2.75) is 35.9 Å². The summed E-state index contributed by atoms with van der Waals surface area (Å²) in [5.41, 5.74) is -2.87. The molecule has 1 aliphatic carbocycles. The maximum absolute atomic E-state index is 14.8. The third kappa shape index (κ3) is 7.61. The number of hydrogen-bond donors (Lipinski definition) is 3. The smallest absolute Gasteiger partial charge is 0.326 e. The first kappa shape index (κ1) is 34.3. The van der Waals surface area contributed by atoms with E-state index in [4.69, 9.17) is 34.8 Å². The average molecular weight is 703 g/mol. The second kappa shape index (κ2) is 12.3. The molecular formula is C28H18Cl3F8N3O3. The first-order valence-corrected chi connectivity index (χ1v) is 13.7. The van der Waals surface area contributed by atoms with Crippen LogP contribution in [0.15, 0.2) is 48.5 Å². The van der Waals surface area contributed by atoms with Crippen molar-refractivity contribution in [3.8, 4) is 0 Å². The maximum atomic E-state index is 14.8. The Hall–Kier alpha value is -3.62. The van der Waals surface area contributed by atoms with E-state index >= 15 is 0 Å². The van der Waals surface area contributed by atoms with Crippen LogP contribution in [0.3, 0.4) is 0 Å². The van der Waals surface area contributed by atoms with Crippen LogP contribution in [0.5, 0.6) is 0 Å². The molecule has 2 unspecified atom stereocenters. The molecule has 4 rings (SSSR count). The summed E-state index contributed by atoms with van der Waals surface area (Å²) in [4.78, 5) is 37.5. The second-order valence-electron chi connectivity index (χ2n) is 9.94. The van der Waals surface area contributed by atoms with E-state index in [0.29, 0.717) is 12.1 Å². The highest BCUT2D eigenvalue weighted by atomic mass is 35.5. The van der Waals surface area contributed by atoms with Crippen molar-refractivity contribution in [3.63, 3.8) is 0 Å². The number of carbonyl (C=O) groups excluding carboxylic acids is 3. The first-order chi connectivity index (χ1) is 20.7. The highest BCUT2D eigenvalue weighted by Gasteiger charge is 2.67. The lowest BCUT2D eigenvalue weighted by molar-refractivity contribution is -0.150. The molecule has 0 heterocycles. The van der Waals surface area contributed by atoms with Crippen molar-refractivity contribution < 1.29 is 49.5 Å². The van der Waals surface area contributed by atoms with Gasteiger partial charge in [-0.2, -0.15) is 26.3 Å². The molecule has 1 saturated carbocycles. The van der Waals surface area contributed by atoms with Gasteiger partial charge in [0.2, 0.25) is 11.8 Å². The van der Waals surface area contributed by atoms with E-state index in [1.165, 1.54) is 18.2 Å². The van der Waals surface area contributed by atoms with Crippen molar-refractivity contribution in [3.05, 3.63) is 87.4 Å². The Morgan fingerprint density at radius 1 is 0.867 bits per heavy atom. The van der Waals surface area contributed by atoms with Crippen LogP contribution in [-0.2, 0) is 15.8 Å². The SMILES string of the molecule is Cc1c(C(=O)Nc2cc(NC(=O)C3C(c4ccc(F)c(C(F)(F)F)c4)C3(Cl)Cl)ccc2Cl)ccc(NC(=O)CC(F)(F)F)c1F. The van der Waals surface area contributed by atoms with Gasteiger partial charge in [0.15, 0.2) is 0 Å². The minimum Gasteiger partial charge on any atom is -0.326 e. The van der Waals surface area contributed by atoms with Crippen molar-refractivity contribution >= 4 is 69.6 Å². The Bertz CT molecular complexity index is 1700. The number of nitrogens with one attached hydrogen (secondary N) is 3. The normalized spacial score (nSPS) is 17.4. The number of benzene rings is 3. The molecule has 0 radical (unpaired) electrons. The van der Waals surface area contributed by atoms with Gasteiger partial charge in [-0.25, -0.2) is 8.78 Å². The second-order valence-corrected chi connectivity index (χ2v) is 11.8. The summed E-state index contributed by atoms with van der Waals surface area (Å²) in [7, 11) is 0. The fraction of sp³-hybridized carbons (Fsp3) is 0.250. The van der Waals surface area contributed by atoms with Crippen LogP contribution in [0.2, 0.25) is 5.02 Å². The van der Waals surface area contributed by atoms with Gasteiger partial charge in [-0.15, -0.1) is 23.2 Å². The van der Waals surface area contributed by atoms with E-state index in [-0.39, 0.29) is 33.1 Å². The van der Waals surface area contributed by atoms with Crippen molar-refractivity contribution in [2.75, 3.05) is 16.0 Å². The molecule has 45 heavy (non-hydrogen) atoms. The van der Waals surface area contributed by atoms with Gasteiger partial charge in [0, 0.05) is 17.2 Å². The number of alkyl halides is 8. The molecule has 1 fully saturated rings. The van der Waals surface area contributed by atoms with E-state index in [9.17, 15) is 49.5 Å². The lowest BCUT2D eigenvalue weighted by Gasteiger charge is -2.14. The minimum atomic E-state index is -5.00. The maximum Gasteiger partial charge on any atom is 0.419 e. The van der Waals surface area contributed by atoms with Gasteiger partial charge in [-0.1, -0.05) is 17.7 Å². The van der Waals surface area contributed by atoms with Crippen molar-refractivity contribution in [1.29, 1.82) is 0 Å². The number of anilines is 3. The third-order valence-corrected chi connectivity index (χ3v) is 8.01. The molecule has 0 saturated heterocycles. The van der Waals surface area contributed by atoms with Crippen molar-refractivity contribution in [2.24, 2.45) is 5.92 Å². The monoisotopic (exact) mass is 701 g/mol. The number of carbonyl (C=O) groups is 3. The molecular weight excluding hydrogens is 685 g/mol. The van der Waals surface area contributed by atoms with Gasteiger partial charge in [-0.05, 0) is 60.5 Å². The molecule has 0 aromatic heterocycles. The molecule has 0 spiro atoms. The molecule has 3 N–H and O–H groups in total. The molecule has 3 amide bonds. The number of rotatable bonds is 7. The van der Waals surface area contributed by atoms with E-state index in [1.807, 2.05) is 0 Å². The van der Waals surface area contributed by atoms with Gasteiger partial charge in [0.1, 0.15) is 22.4 Å². The first-order valence-electron chi connectivity index (χ1n) is 12.5. The summed E-state index contributed by atoms with van der Waals surface area (Å²) in [6.07, 6.45) is -11.7. The van der Waals surface area contributed by atoms with Crippen LogP contribution in [0, 0.1) is 24.5 Å². The minimum absolute atomic E-state index is 0.0326. The lowest BCUT2D eigenvalue weighted by atomic mass is 10.0. The Morgan fingerprint density at radius 3 is 2.16 bits per heavy atom. The van der Waals surface area contributed by atoms with Crippen LogP contribution < -0.4 is 16.0 Å². The van der Waals surface area contributed by atoms with Crippen LogP contribution >= 0.6 is 34.8 Å². The summed E-state index contributed by atoms with van der Waals surface area (Å²) >= 11 is 18.6. The van der Waals surface area contributed by atoms with Crippen LogP contribution in [0.1, 0.15) is 39.4 Å². The zero-order valence-electron chi connectivity index (χ0n) is 22.4.